The second-order valence-electron chi connectivity index (χ2n) is 26.1. The number of carbonyl (C=O) groups excluding carboxylic acids is 2. The minimum atomic E-state index is -3.60. The van der Waals surface area contributed by atoms with Gasteiger partial charge in [-0.2, -0.15) is 55.3 Å². The van der Waals surface area contributed by atoms with Crippen LogP contribution in [0.4, 0.5) is 68.0 Å². The average Bonchev–Trinajstić information content (AvgIpc) is 1.67. The lowest BCUT2D eigenvalue weighted by Crippen LogP contribution is -2.38. The summed E-state index contributed by atoms with van der Waals surface area (Å²) >= 11 is 0. The van der Waals surface area contributed by atoms with E-state index in [-0.39, 0.29) is 101 Å². The minimum absolute atomic E-state index is 0.0567. The van der Waals surface area contributed by atoms with Gasteiger partial charge in [-0.3, -0.25) is 5.10 Å². The molecule has 0 amide bonds. The third-order valence-electron chi connectivity index (χ3n) is 16.7. The lowest BCUT2D eigenvalue weighted by molar-refractivity contribution is -0.0815. The number of nitrogens with zero attached hydrogens (tertiary/aromatic N) is 15. The summed E-state index contributed by atoms with van der Waals surface area (Å²) in [6, 6.07) is 29.7. The van der Waals surface area contributed by atoms with Gasteiger partial charge in [0.25, 0.3) is 23.0 Å². The van der Waals surface area contributed by atoms with E-state index in [1.807, 2.05) is 6.92 Å². The summed E-state index contributed by atoms with van der Waals surface area (Å²) in [5.74, 6) is 1.26. The van der Waals surface area contributed by atoms with Crippen LogP contribution in [0.5, 0.6) is 23.5 Å². The van der Waals surface area contributed by atoms with Crippen molar-refractivity contribution in [2.45, 2.75) is 84.4 Å². The van der Waals surface area contributed by atoms with Crippen molar-refractivity contribution in [2.24, 2.45) is 0 Å². The number of anilines is 8. The molecule has 12 aromatic rings. The Kier molecular flexibility index (Phi) is 28.1. The SMILES string of the molecule is CCOC(=O)c1[nH]ncc1C.CCOC(=O)c1nn(-c2nc(Nc3ccc(F)cc3)cc(OC3COC3)n2)cc1C.CS(=O)(=O)c1nc(Nc2ccc(F)cc2)cc(OC2COC2)n1.Cc1cn(-c2nc(Nc3ccc(F)cc3)cc(OC3COC3)n2)nc1CF.Cc1cn(-c2nc(Nc3ccc(F)cc3)cc(OC3COC3)n2)nc1CO. The largest absolute Gasteiger partial charge is 0.469 e. The van der Waals surface area contributed by atoms with Crippen molar-refractivity contribution < 1.29 is 92.4 Å². The van der Waals surface area contributed by atoms with Crippen LogP contribution >= 0.6 is 0 Å². The number of halogens is 5. The second-order valence-corrected chi connectivity index (χ2v) is 28.0. The number of nitrogens with one attached hydrogen (secondary N) is 5. The molecule has 0 unspecified atom stereocenters. The maximum atomic E-state index is 13.2. The fourth-order valence-electron chi connectivity index (χ4n) is 10.4. The number of benzene rings is 4. The molecule has 0 bridgehead atoms. The van der Waals surface area contributed by atoms with Gasteiger partial charge < -0.3 is 73.7 Å². The molecule has 118 heavy (non-hydrogen) atoms. The number of aliphatic hydroxyl groups excluding tert-OH is 1. The van der Waals surface area contributed by atoms with E-state index in [0.717, 1.165) is 17.4 Å². The number of sulfone groups is 1. The van der Waals surface area contributed by atoms with Gasteiger partial charge in [-0.25, -0.2) is 59.0 Å². The van der Waals surface area contributed by atoms with Crippen LogP contribution in [0.1, 0.15) is 68.5 Å². The molecule has 4 aliphatic heterocycles. The standard InChI is InChI=1S/C20H20FN5O4.C18H17F2N5O2.C18H18FN5O3.C14H14FN3O4S.C7H10N2O2/c1-3-29-19(27)18-12(2)9-26(25-18)20-23-16(22-14-6-4-13(21)5-7-14)8-17(24-20)30-15-10-28-11-15;1-11-8-25(24-15(11)7-19)18-22-16(21-13-4-2-12(20)3-5-13)6-17(23-18)27-14-9-26-10-14;1-11-7-24(23-15(11)8-25)18-21-16(20-13-4-2-12(19)3-5-13)6-17(22-18)27-14-9-26-10-14;1-23(19,20)14-17-12(16-10-4-2-9(15)3-5-10)6-13(18-14)22-11-7-21-8-11;1-3-11-7(10)6-5(2)4-8-9-6/h4-9,15H,3,10-11H2,1-2H3,(H,22,23,24);2-6,8,14H,7,9-10H2,1H3,(H,21,22,23);2-7,14,25H,8-10H2,1H3,(H,20,21,22);2-6,11H,7-8H2,1H3,(H,16,17,18);4H,3H2,1-2H3,(H,8,9). The molecule has 4 aliphatic rings. The van der Waals surface area contributed by atoms with E-state index >= 15 is 0 Å². The maximum absolute atomic E-state index is 13.2. The lowest BCUT2D eigenvalue weighted by atomic mass is 10.3. The van der Waals surface area contributed by atoms with Gasteiger partial charge in [0.2, 0.25) is 33.4 Å². The number of alkyl halides is 1. The first-order valence-electron chi connectivity index (χ1n) is 36.4. The number of rotatable bonds is 26. The highest BCUT2D eigenvalue weighted by Gasteiger charge is 2.28. The van der Waals surface area contributed by atoms with E-state index in [1.165, 1.54) is 80.8 Å². The molecule has 0 atom stereocenters. The van der Waals surface area contributed by atoms with E-state index in [0.29, 0.717) is 151 Å². The topological polar surface area (TPSA) is 414 Å². The molecular formula is C77H79F5N20O15S. The summed E-state index contributed by atoms with van der Waals surface area (Å²) in [5, 5.41) is 40.2. The first-order chi connectivity index (χ1) is 56.9. The van der Waals surface area contributed by atoms with Crippen LogP contribution in [0.15, 0.2) is 151 Å². The lowest BCUT2D eigenvalue weighted by Gasteiger charge is -2.26. The first-order valence-corrected chi connectivity index (χ1v) is 38.3. The zero-order chi connectivity index (χ0) is 83.4. The van der Waals surface area contributed by atoms with Gasteiger partial charge in [0.1, 0.15) is 83.3 Å². The molecule has 16 rings (SSSR count). The normalized spacial score (nSPS) is 13.7. The molecule has 0 spiro atoms. The minimum Gasteiger partial charge on any atom is -0.469 e. The van der Waals surface area contributed by atoms with Crippen molar-refractivity contribution in [3.05, 3.63) is 214 Å². The number of aromatic nitrogens is 16. The fourth-order valence-corrected chi connectivity index (χ4v) is 10.9. The quantitative estimate of drug-likeness (QED) is 0.0167. The van der Waals surface area contributed by atoms with Crippen molar-refractivity contribution in [1.29, 1.82) is 0 Å². The molecule has 4 saturated heterocycles. The van der Waals surface area contributed by atoms with Gasteiger partial charge in [0.15, 0.2) is 5.69 Å². The predicted octanol–water partition coefficient (Wildman–Crippen LogP) is 10.5. The first kappa shape index (κ1) is 84.2. The number of carbonyl (C=O) groups is 2. The summed E-state index contributed by atoms with van der Waals surface area (Å²) in [6.07, 6.45) is 7.25. The van der Waals surface area contributed by atoms with Crippen LogP contribution in [-0.2, 0) is 51.5 Å². The zero-order valence-electron chi connectivity index (χ0n) is 64.3. The van der Waals surface area contributed by atoms with Gasteiger partial charge in [0.05, 0.1) is 90.3 Å². The van der Waals surface area contributed by atoms with E-state index < -0.39 is 22.5 Å². The molecule has 0 radical (unpaired) electrons. The van der Waals surface area contributed by atoms with Crippen LogP contribution in [0, 0.1) is 51.0 Å². The summed E-state index contributed by atoms with van der Waals surface area (Å²) < 4.78 is 146. The van der Waals surface area contributed by atoms with Crippen LogP contribution in [-0.4, -0.2) is 202 Å². The molecule has 4 aromatic carbocycles. The second kappa shape index (κ2) is 39.4. The Hall–Kier alpha value is -13.2. The highest BCUT2D eigenvalue weighted by Crippen LogP contribution is 2.29. The number of hydrogen-bond acceptors (Lipinski definition) is 31. The number of hydrogen-bond donors (Lipinski definition) is 6. The van der Waals surface area contributed by atoms with Crippen LogP contribution in [0.3, 0.4) is 0 Å². The number of aliphatic hydroxyl groups is 1. The molecule has 4 fully saturated rings. The third-order valence-corrected chi connectivity index (χ3v) is 17.5. The van der Waals surface area contributed by atoms with Gasteiger partial charge in [-0.15, -0.1) is 0 Å². The molecular weight excluding hydrogens is 1570 g/mol. The number of aryl methyl sites for hydroxylation is 4. The smallest absolute Gasteiger partial charge is 0.359 e. The zero-order valence-corrected chi connectivity index (χ0v) is 65.1. The monoisotopic (exact) mass is 1650 g/mol. The molecule has 12 heterocycles. The molecule has 0 aliphatic carbocycles. The predicted molar refractivity (Wildman–Crippen MR) is 412 cm³/mol. The maximum Gasteiger partial charge on any atom is 0.359 e. The summed E-state index contributed by atoms with van der Waals surface area (Å²) in [4.78, 5) is 57.5. The van der Waals surface area contributed by atoms with Crippen molar-refractivity contribution in [3.8, 4) is 41.4 Å². The molecule has 35 nitrogen and oxygen atoms in total. The molecule has 41 heteroatoms. The summed E-state index contributed by atoms with van der Waals surface area (Å²) in [5.41, 5.74) is 6.99. The number of H-pyrrole nitrogens is 1. The van der Waals surface area contributed by atoms with Crippen molar-refractivity contribution in [3.63, 3.8) is 0 Å². The van der Waals surface area contributed by atoms with Crippen LogP contribution in [0.2, 0.25) is 0 Å². The molecule has 618 valence electrons. The van der Waals surface area contributed by atoms with E-state index in [1.54, 1.807) is 114 Å². The van der Waals surface area contributed by atoms with Crippen molar-refractivity contribution >= 4 is 67.8 Å². The Morgan fingerprint density at radius 1 is 0.466 bits per heavy atom. The van der Waals surface area contributed by atoms with Crippen molar-refractivity contribution in [1.82, 2.24) is 79.4 Å². The highest BCUT2D eigenvalue weighted by molar-refractivity contribution is 7.90. The number of ether oxygens (including phenoxy) is 10. The molecule has 8 aromatic heterocycles. The Labute approximate surface area is 670 Å². The number of aromatic amines is 1. The van der Waals surface area contributed by atoms with E-state index in [4.69, 9.17) is 47.4 Å². The van der Waals surface area contributed by atoms with Gasteiger partial charge in [-0.1, -0.05) is 0 Å². The van der Waals surface area contributed by atoms with Gasteiger partial charge >= 0.3 is 11.9 Å². The van der Waals surface area contributed by atoms with Crippen LogP contribution < -0.4 is 40.2 Å². The highest BCUT2D eigenvalue weighted by atomic mass is 32.2. The third kappa shape index (κ3) is 23.5. The van der Waals surface area contributed by atoms with E-state index in [9.17, 15) is 45.1 Å². The molecule has 6 N–H and O–H groups in total. The van der Waals surface area contributed by atoms with E-state index in [2.05, 4.69) is 86.6 Å². The van der Waals surface area contributed by atoms with Crippen molar-refractivity contribution in [2.75, 3.05) is 93.6 Å². The Balaban J connectivity index is 0.000000139. The molecule has 0 saturated carbocycles. The van der Waals surface area contributed by atoms with Gasteiger partial charge in [0, 0.05) is 83.0 Å². The summed E-state index contributed by atoms with van der Waals surface area (Å²) in [7, 11) is -3.60. The Bertz CT molecular complexity index is 5350. The van der Waals surface area contributed by atoms with Gasteiger partial charge in [-0.05, 0) is 150 Å². The van der Waals surface area contributed by atoms with Crippen LogP contribution in [0.25, 0.3) is 17.8 Å². The summed E-state index contributed by atoms with van der Waals surface area (Å²) in [6.45, 7) is 14.3. The number of esters is 2. The average molecular weight is 1650 g/mol. The Morgan fingerprint density at radius 3 is 1.10 bits per heavy atom. The fraction of sp³-hybridized carbons (Fsp3) is 0.299. The Morgan fingerprint density at radius 2 is 0.797 bits per heavy atom.